The molecule has 0 amide bonds. The number of hydrogen-bond donors (Lipinski definition) is 3. The van der Waals surface area contributed by atoms with Gasteiger partial charge in [0.05, 0.1) is 13.2 Å². The van der Waals surface area contributed by atoms with Gasteiger partial charge in [0, 0.05) is 6.54 Å². The lowest BCUT2D eigenvalue weighted by Gasteiger charge is -2.15. The molecule has 0 bridgehead atoms. The average Bonchev–Trinajstić information content (AvgIpc) is 2.91. The first kappa shape index (κ1) is 16.1. The van der Waals surface area contributed by atoms with Gasteiger partial charge in [0.25, 0.3) is 0 Å². The van der Waals surface area contributed by atoms with E-state index in [1.165, 1.54) is 0 Å². The molecule has 1 aliphatic rings. The Balaban J connectivity index is 1.59. The van der Waals surface area contributed by atoms with Gasteiger partial charge in [0.1, 0.15) is 24.2 Å². The summed E-state index contributed by atoms with van der Waals surface area (Å²) in [5.41, 5.74) is 0. The predicted octanol–water partition coefficient (Wildman–Crippen LogP) is 1.19. The summed E-state index contributed by atoms with van der Waals surface area (Å²) in [5.74, 6) is 2.02. The van der Waals surface area contributed by atoms with E-state index in [0.29, 0.717) is 18.2 Å². The summed E-state index contributed by atoms with van der Waals surface area (Å²) in [7, 11) is 1.62. The van der Waals surface area contributed by atoms with E-state index in [-0.39, 0.29) is 12.7 Å². The lowest BCUT2D eigenvalue weighted by molar-refractivity contribution is 0.105. The molecular formula is C16H25NO4. The Morgan fingerprint density at radius 3 is 2.57 bits per heavy atom. The third-order valence-electron chi connectivity index (χ3n) is 3.83. The SMILES string of the molecule is COc1ccc(OCC(O)CNCC2CCC(O)C2)cc1. The normalized spacial score (nSPS) is 23.0. The van der Waals surface area contributed by atoms with E-state index in [0.717, 1.165) is 31.6 Å². The Bertz CT molecular complexity index is 409. The van der Waals surface area contributed by atoms with Crippen LogP contribution in [0.5, 0.6) is 11.5 Å². The van der Waals surface area contributed by atoms with E-state index < -0.39 is 6.10 Å². The molecule has 3 unspecified atom stereocenters. The molecule has 5 nitrogen and oxygen atoms in total. The standard InChI is InChI=1S/C16H25NO4/c1-20-15-4-6-16(7-5-15)21-11-14(19)10-17-9-12-2-3-13(18)8-12/h4-7,12-14,17-19H,2-3,8-11H2,1H3. The molecule has 1 aromatic rings. The number of aliphatic hydroxyl groups excluding tert-OH is 2. The van der Waals surface area contributed by atoms with Crippen LogP contribution in [-0.2, 0) is 0 Å². The highest BCUT2D eigenvalue weighted by Gasteiger charge is 2.22. The molecule has 3 atom stereocenters. The van der Waals surface area contributed by atoms with Crippen LogP contribution in [0, 0.1) is 5.92 Å². The van der Waals surface area contributed by atoms with Crippen molar-refractivity contribution in [2.75, 3.05) is 26.8 Å². The Morgan fingerprint density at radius 2 is 1.95 bits per heavy atom. The summed E-state index contributed by atoms with van der Waals surface area (Å²) >= 11 is 0. The predicted molar refractivity (Wildman–Crippen MR) is 80.7 cm³/mol. The molecule has 1 aliphatic carbocycles. The van der Waals surface area contributed by atoms with Crippen molar-refractivity contribution in [1.29, 1.82) is 0 Å². The molecule has 0 radical (unpaired) electrons. The van der Waals surface area contributed by atoms with Crippen molar-refractivity contribution in [3.63, 3.8) is 0 Å². The van der Waals surface area contributed by atoms with Crippen LogP contribution < -0.4 is 14.8 Å². The van der Waals surface area contributed by atoms with Gasteiger partial charge in [-0.2, -0.15) is 0 Å². The van der Waals surface area contributed by atoms with Crippen LogP contribution in [0.1, 0.15) is 19.3 Å². The van der Waals surface area contributed by atoms with Gasteiger partial charge in [-0.25, -0.2) is 0 Å². The van der Waals surface area contributed by atoms with E-state index in [1.807, 2.05) is 24.3 Å². The Labute approximate surface area is 125 Å². The van der Waals surface area contributed by atoms with E-state index >= 15 is 0 Å². The summed E-state index contributed by atoms with van der Waals surface area (Å²) in [6.07, 6.45) is 2.15. The second-order valence-electron chi connectivity index (χ2n) is 5.63. The molecule has 0 spiro atoms. The molecule has 3 N–H and O–H groups in total. The molecule has 0 heterocycles. The van der Waals surface area contributed by atoms with Gasteiger partial charge in [-0.05, 0) is 56.0 Å². The molecule has 118 valence electrons. The molecular weight excluding hydrogens is 270 g/mol. The maximum absolute atomic E-state index is 9.88. The number of hydrogen-bond acceptors (Lipinski definition) is 5. The fourth-order valence-corrected chi connectivity index (χ4v) is 2.61. The number of ether oxygens (including phenoxy) is 2. The minimum absolute atomic E-state index is 0.139. The van der Waals surface area contributed by atoms with Crippen molar-refractivity contribution in [3.05, 3.63) is 24.3 Å². The lowest BCUT2D eigenvalue weighted by Crippen LogP contribution is -2.34. The summed E-state index contributed by atoms with van der Waals surface area (Å²) in [6.45, 7) is 1.60. The zero-order chi connectivity index (χ0) is 15.1. The summed E-state index contributed by atoms with van der Waals surface area (Å²) in [6, 6.07) is 7.29. The molecule has 5 heteroatoms. The number of benzene rings is 1. The highest BCUT2D eigenvalue weighted by atomic mass is 16.5. The van der Waals surface area contributed by atoms with Crippen LogP contribution in [0.4, 0.5) is 0 Å². The van der Waals surface area contributed by atoms with Crippen molar-refractivity contribution < 1.29 is 19.7 Å². The number of rotatable bonds is 8. The first-order valence-corrected chi connectivity index (χ1v) is 7.51. The minimum Gasteiger partial charge on any atom is -0.497 e. The number of aliphatic hydroxyl groups is 2. The maximum Gasteiger partial charge on any atom is 0.119 e. The molecule has 1 aromatic carbocycles. The Hall–Kier alpha value is -1.30. The topological polar surface area (TPSA) is 71.0 Å². The zero-order valence-corrected chi connectivity index (χ0v) is 12.5. The van der Waals surface area contributed by atoms with E-state index in [4.69, 9.17) is 9.47 Å². The number of nitrogens with one attached hydrogen (secondary N) is 1. The first-order chi connectivity index (χ1) is 10.2. The second kappa shape index (κ2) is 8.22. The Kier molecular flexibility index (Phi) is 6.29. The van der Waals surface area contributed by atoms with Gasteiger partial charge < -0.3 is 25.0 Å². The van der Waals surface area contributed by atoms with Gasteiger partial charge in [0.2, 0.25) is 0 Å². The van der Waals surface area contributed by atoms with Crippen LogP contribution in [0.2, 0.25) is 0 Å². The first-order valence-electron chi connectivity index (χ1n) is 7.51. The third kappa shape index (κ3) is 5.53. The monoisotopic (exact) mass is 295 g/mol. The quantitative estimate of drug-likeness (QED) is 0.672. The maximum atomic E-state index is 9.88. The van der Waals surface area contributed by atoms with Crippen molar-refractivity contribution in [3.8, 4) is 11.5 Å². The smallest absolute Gasteiger partial charge is 0.119 e. The molecule has 21 heavy (non-hydrogen) atoms. The molecule has 1 fully saturated rings. The summed E-state index contributed by atoms with van der Waals surface area (Å²) in [5, 5.41) is 22.6. The summed E-state index contributed by atoms with van der Waals surface area (Å²) < 4.78 is 10.6. The molecule has 0 saturated heterocycles. The molecule has 2 rings (SSSR count). The van der Waals surface area contributed by atoms with Gasteiger partial charge in [-0.3, -0.25) is 0 Å². The molecule has 1 saturated carbocycles. The van der Waals surface area contributed by atoms with E-state index in [9.17, 15) is 10.2 Å². The van der Waals surface area contributed by atoms with E-state index in [2.05, 4.69) is 5.32 Å². The van der Waals surface area contributed by atoms with Crippen molar-refractivity contribution in [2.24, 2.45) is 5.92 Å². The van der Waals surface area contributed by atoms with Gasteiger partial charge in [-0.1, -0.05) is 0 Å². The van der Waals surface area contributed by atoms with E-state index in [1.54, 1.807) is 7.11 Å². The van der Waals surface area contributed by atoms with Crippen LogP contribution in [0.3, 0.4) is 0 Å². The van der Waals surface area contributed by atoms with Gasteiger partial charge in [-0.15, -0.1) is 0 Å². The second-order valence-corrected chi connectivity index (χ2v) is 5.63. The summed E-state index contributed by atoms with van der Waals surface area (Å²) in [4.78, 5) is 0. The molecule has 0 aromatic heterocycles. The largest absolute Gasteiger partial charge is 0.497 e. The lowest BCUT2D eigenvalue weighted by atomic mass is 10.1. The van der Waals surface area contributed by atoms with Crippen LogP contribution >= 0.6 is 0 Å². The molecule has 0 aliphatic heterocycles. The zero-order valence-electron chi connectivity index (χ0n) is 12.5. The van der Waals surface area contributed by atoms with Gasteiger partial charge >= 0.3 is 0 Å². The van der Waals surface area contributed by atoms with Crippen LogP contribution in [-0.4, -0.2) is 49.2 Å². The van der Waals surface area contributed by atoms with Crippen LogP contribution in [0.25, 0.3) is 0 Å². The van der Waals surface area contributed by atoms with Crippen LogP contribution in [0.15, 0.2) is 24.3 Å². The fourth-order valence-electron chi connectivity index (χ4n) is 2.61. The van der Waals surface area contributed by atoms with Gasteiger partial charge in [0.15, 0.2) is 0 Å². The highest BCUT2D eigenvalue weighted by molar-refractivity contribution is 5.31. The van der Waals surface area contributed by atoms with Crippen molar-refractivity contribution >= 4 is 0 Å². The highest BCUT2D eigenvalue weighted by Crippen LogP contribution is 2.24. The Morgan fingerprint density at radius 1 is 1.24 bits per heavy atom. The average molecular weight is 295 g/mol. The number of methoxy groups -OCH3 is 1. The van der Waals surface area contributed by atoms with Crippen molar-refractivity contribution in [1.82, 2.24) is 5.32 Å². The van der Waals surface area contributed by atoms with Crippen molar-refractivity contribution in [2.45, 2.75) is 31.5 Å². The third-order valence-corrected chi connectivity index (χ3v) is 3.83. The minimum atomic E-state index is -0.543. The fraction of sp³-hybridized carbons (Fsp3) is 0.625.